The predicted molar refractivity (Wildman–Crippen MR) is 91.6 cm³/mol. The minimum Gasteiger partial charge on any atom is -0.465 e. The Labute approximate surface area is 139 Å². The van der Waals surface area contributed by atoms with Gasteiger partial charge in [0.2, 0.25) is 0 Å². The van der Waals surface area contributed by atoms with Crippen LogP contribution in [0.1, 0.15) is 15.9 Å². The number of rotatable bonds is 4. The zero-order valence-corrected chi connectivity index (χ0v) is 14.0. The van der Waals surface area contributed by atoms with Crippen molar-refractivity contribution < 1.29 is 17.9 Å². The maximum atomic E-state index is 12.7. The van der Waals surface area contributed by atoms with Gasteiger partial charge in [0.1, 0.15) is 0 Å². The summed E-state index contributed by atoms with van der Waals surface area (Å²) in [6.07, 6.45) is 1.78. The van der Waals surface area contributed by atoms with Crippen LogP contribution >= 0.6 is 0 Å². The monoisotopic (exact) mass is 344 g/mol. The lowest BCUT2D eigenvalue weighted by Gasteiger charge is -2.11. The molecule has 124 valence electrons. The van der Waals surface area contributed by atoms with Gasteiger partial charge < -0.3 is 9.72 Å². The first kappa shape index (κ1) is 16.1. The van der Waals surface area contributed by atoms with Crippen LogP contribution in [-0.2, 0) is 14.8 Å². The number of H-pyrrole nitrogens is 1. The van der Waals surface area contributed by atoms with E-state index in [1.807, 2.05) is 6.07 Å². The van der Waals surface area contributed by atoms with Crippen LogP contribution < -0.4 is 4.72 Å². The van der Waals surface area contributed by atoms with Crippen molar-refractivity contribution in [2.75, 3.05) is 11.8 Å². The lowest BCUT2D eigenvalue weighted by atomic mass is 10.1. The Morgan fingerprint density at radius 1 is 1.12 bits per heavy atom. The Morgan fingerprint density at radius 2 is 1.92 bits per heavy atom. The van der Waals surface area contributed by atoms with Crippen LogP contribution in [0.3, 0.4) is 0 Å². The van der Waals surface area contributed by atoms with E-state index in [9.17, 15) is 13.2 Å². The molecule has 0 aliphatic carbocycles. The molecule has 0 atom stereocenters. The fraction of sp³-hybridized carbons (Fsp3) is 0.118. The van der Waals surface area contributed by atoms with Crippen molar-refractivity contribution in [1.82, 2.24) is 4.98 Å². The van der Waals surface area contributed by atoms with Crippen LogP contribution in [0.4, 0.5) is 5.69 Å². The van der Waals surface area contributed by atoms with E-state index in [2.05, 4.69) is 14.4 Å². The molecule has 3 aromatic rings. The SMILES string of the molecule is COC(=O)c1ccc(C)c(S(=O)(=O)Nc2ccc3[nH]ccc3c2)c1. The Balaban J connectivity index is 1.99. The molecule has 0 radical (unpaired) electrons. The molecule has 0 bridgehead atoms. The van der Waals surface area contributed by atoms with Crippen molar-refractivity contribution in [2.24, 2.45) is 0 Å². The summed E-state index contributed by atoms with van der Waals surface area (Å²) in [6, 6.07) is 11.5. The van der Waals surface area contributed by atoms with Gasteiger partial charge >= 0.3 is 5.97 Å². The second kappa shape index (κ2) is 6.01. The molecule has 24 heavy (non-hydrogen) atoms. The van der Waals surface area contributed by atoms with Gasteiger partial charge in [0.05, 0.1) is 17.6 Å². The molecule has 0 amide bonds. The van der Waals surface area contributed by atoms with Gasteiger partial charge in [-0.2, -0.15) is 0 Å². The van der Waals surface area contributed by atoms with E-state index in [-0.39, 0.29) is 10.5 Å². The van der Waals surface area contributed by atoms with Crippen molar-refractivity contribution >= 4 is 32.6 Å². The number of benzene rings is 2. The van der Waals surface area contributed by atoms with Gasteiger partial charge in [-0.1, -0.05) is 6.07 Å². The summed E-state index contributed by atoms with van der Waals surface area (Å²) in [5.74, 6) is -0.583. The van der Waals surface area contributed by atoms with E-state index in [1.165, 1.54) is 19.2 Å². The number of carbonyl (C=O) groups is 1. The smallest absolute Gasteiger partial charge is 0.337 e. The number of fused-ring (bicyclic) bond motifs is 1. The standard InChI is InChI=1S/C17H16N2O4S/c1-11-3-4-13(17(20)23-2)10-16(11)24(21,22)19-14-5-6-15-12(9-14)7-8-18-15/h3-10,18-19H,1-2H3. The molecule has 3 rings (SSSR count). The van der Waals surface area contributed by atoms with E-state index >= 15 is 0 Å². The molecule has 0 spiro atoms. The Hall–Kier alpha value is -2.80. The number of sulfonamides is 1. The van der Waals surface area contributed by atoms with E-state index in [1.54, 1.807) is 37.4 Å². The maximum absolute atomic E-state index is 12.7. The third-order valence-corrected chi connectivity index (χ3v) is 5.23. The van der Waals surface area contributed by atoms with Gasteiger partial charge in [0.25, 0.3) is 10.0 Å². The highest BCUT2D eigenvalue weighted by atomic mass is 32.2. The number of hydrogen-bond donors (Lipinski definition) is 2. The van der Waals surface area contributed by atoms with Crippen molar-refractivity contribution in [3.8, 4) is 0 Å². The number of aromatic nitrogens is 1. The number of esters is 1. The summed E-state index contributed by atoms with van der Waals surface area (Å²) in [5, 5.41) is 0.898. The summed E-state index contributed by atoms with van der Waals surface area (Å²) in [4.78, 5) is 14.7. The highest BCUT2D eigenvalue weighted by molar-refractivity contribution is 7.92. The Kier molecular flexibility index (Phi) is 4.02. The summed E-state index contributed by atoms with van der Waals surface area (Å²) in [5.41, 5.74) is 2.09. The van der Waals surface area contributed by atoms with E-state index in [4.69, 9.17) is 0 Å². The fourth-order valence-corrected chi connectivity index (χ4v) is 3.78. The van der Waals surface area contributed by atoms with Crippen LogP contribution in [0.2, 0.25) is 0 Å². The summed E-state index contributed by atoms with van der Waals surface area (Å²) >= 11 is 0. The molecule has 0 fully saturated rings. The Bertz CT molecular complexity index is 1020. The molecule has 6 nitrogen and oxygen atoms in total. The molecule has 0 aliphatic rings. The first-order valence-electron chi connectivity index (χ1n) is 7.19. The quantitative estimate of drug-likeness (QED) is 0.712. The fourth-order valence-electron chi connectivity index (χ4n) is 2.46. The normalized spacial score (nSPS) is 11.4. The third-order valence-electron chi connectivity index (χ3n) is 3.70. The maximum Gasteiger partial charge on any atom is 0.337 e. The second-order valence-corrected chi connectivity index (χ2v) is 7.01. The molecular formula is C17H16N2O4S. The average Bonchev–Trinajstić information content (AvgIpc) is 3.01. The number of hydrogen-bond acceptors (Lipinski definition) is 4. The van der Waals surface area contributed by atoms with Gasteiger partial charge in [-0.15, -0.1) is 0 Å². The van der Waals surface area contributed by atoms with Gasteiger partial charge in [-0.25, -0.2) is 13.2 Å². The molecule has 2 N–H and O–H groups in total. The number of ether oxygens (including phenoxy) is 1. The zero-order valence-electron chi connectivity index (χ0n) is 13.2. The minimum absolute atomic E-state index is 0.0413. The van der Waals surface area contributed by atoms with Crippen LogP contribution in [0.25, 0.3) is 10.9 Å². The predicted octanol–water partition coefficient (Wildman–Crippen LogP) is 3.06. The van der Waals surface area contributed by atoms with E-state index in [0.717, 1.165) is 10.9 Å². The molecule has 1 aromatic heterocycles. The van der Waals surface area contributed by atoms with E-state index < -0.39 is 16.0 Å². The van der Waals surface area contributed by atoms with Crippen molar-refractivity contribution in [3.05, 3.63) is 59.8 Å². The summed E-state index contributed by atoms with van der Waals surface area (Å²) in [7, 11) is -2.58. The van der Waals surface area contributed by atoms with Gasteiger partial charge in [-0.05, 0) is 48.9 Å². The van der Waals surface area contributed by atoms with Crippen molar-refractivity contribution in [3.63, 3.8) is 0 Å². The zero-order chi connectivity index (χ0) is 17.3. The third kappa shape index (κ3) is 2.98. The lowest BCUT2D eigenvalue weighted by Crippen LogP contribution is -2.15. The van der Waals surface area contributed by atoms with Crippen LogP contribution in [-0.4, -0.2) is 26.5 Å². The molecule has 0 saturated carbocycles. The average molecular weight is 344 g/mol. The molecular weight excluding hydrogens is 328 g/mol. The lowest BCUT2D eigenvalue weighted by molar-refractivity contribution is 0.0600. The largest absolute Gasteiger partial charge is 0.465 e. The molecule has 7 heteroatoms. The molecule has 0 unspecified atom stereocenters. The van der Waals surface area contributed by atoms with Gasteiger partial charge in [-0.3, -0.25) is 4.72 Å². The molecule has 0 saturated heterocycles. The highest BCUT2D eigenvalue weighted by Crippen LogP contribution is 2.23. The molecule has 0 aliphatic heterocycles. The number of carbonyl (C=O) groups excluding carboxylic acids is 1. The number of aromatic amines is 1. The molecule has 2 aromatic carbocycles. The van der Waals surface area contributed by atoms with Gasteiger partial charge in [0, 0.05) is 22.8 Å². The van der Waals surface area contributed by atoms with Crippen LogP contribution in [0, 0.1) is 6.92 Å². The number of anilines is 1. The number of nitrogens with one attached hydrogen (secondary N) is 2. The topological polar surface area (TPSA) is 88.3 Å². The first-order valence-corrected chi connectivity index (χ1v) is 8.68. The number of methoxy groups -OCH3 is 1. The first-order chi connectivity index (χ1) is 11.4. The molecule has 1 heterocycles. The van der Waals surface area contributed by atoms with Crippen LogP contribution in [0.15, 0.2) is 53.6 Å². The summed E-state index contributed by atoms with van der Waals surface area (Å²) in [6.45, 7) is 1.67. The van der Waals surface area contributed by atoms with Crippen LogP contribution in [0.5, 0.6) is 0 Å². The second-order valence-electron chi connectivity index (χ2n) is 5.36. The van der Waals surface area contributed by atoms with E-state index in [0.29, 0.717) is 11.3 Å². The van der Waals surface area contributed by atoms with Gasteiger partial charge in [0.15, 0.2) is 0 Å². The number of aryl methyl sites for hydroxylation is 1. The van der Waals surface area contributed by atoms with Crippen molar-refractivity contribution in [1.29, 1.82) is 0 Å². The minimum atomic E-state index is -3.83. The van der Waals surface area contributed by atoms with Crippen molar-refractivity contribution in [2.45, 2.75) is 11.8 Å². The summed E-state index contributed by atoms with van der Waals surface area (Å²) < 4.78 is 32.6. The Morgan fingerprint density at radius 3 is 2.67 bits per heavy atom. The highest BCUT2D eigenvalue weighted by Gasteiger charge is 2.19.